The van der Waals surface area contributed by atoms with Crippen LogP contribution in [0.3, 0.4) is 0 Å². The number of benzene rings is 1. The van der Waals surface area contributed by atoms with Crippen molar-refractivity contribution in [3.8, 4) is 0 Å². The maximum absolute atomic E-state index is 12.7. The highest BCUT2D eigenvalue weighted by molar-refractivity contribution is 5.93. The van der Waals surface area contributed by atoms with Crippen molar-refractivity contribution in [2.45, 2.75) is 24.7 Å². The summed E-state index contributed by atoms with van der Waals surface area (Å²) in [4.78, 5) is 11.0. The van der Waals surface area contributed by atoms with Crippen molar-refractivity contribution in [3.63, 3.8) is 0 Å². The van der Waals surface area contributed by atoms with Gasteiger partial charge in [-0.25, -0.2) is 0 Å². The lowest BCUT2D eigenvalue weighted by atomic mass is 10.0. The van der Waals surface area contributed by atoms with Gasteiger partial charge in [0.25, 0.3) is 0 Å². The minimum absolute atomic E-state index is 0.157. The molecule has 110 valence electrons. The molecule has 2 unspecified atom stereocenters. The second-order valence-electron chi connectivity index (χ2n) is 4.70. The Labute approximate surface area is 109 Å². The lowest BCUT2D eigenvalue weighted by Gasteiger charge is -2.11. The van der Waals surface area contributed by atoms with Crippen LogP contribution < -0.4 is 5.73 Å². The number of amides is 1. The Morgan fingerprint density at radius 1 is 1.10 bits per heavy atom. The zero-order valence-corrected chi connectivity index (χ0v) is 9.85. The lowest BCUT2D eigenvalue weighted by molar-refractivity contribution is -0.148. The first-order valence-electron chi connectivity index (χ1n) is 5.59. The maximum atomic E-state index is 12.7. The van der Waals surface area contributed by atoms with E-state index in [0.29, 0.717) is 12.1 Å². The molecule has 1 fully saturated rings. The number of hydrogen-bond acceptors (Lipinski definition) is 1. The largest absolute Gasteiger partial charge is 0.416 e. The number of carbonyl (C=O) groups excluding carboxylic acids is 1. The summed E-state index contributed by atoms with van der Waals surface area (Å²) in [5.41, 5.74) is 3.14. The topological polar surface area (TPSA) is 43.1 Å². The Morgan fingerprint density at radius 3 is 2.10 bits per heavy atom. The molecule has 0 saturated heterocycles. The highest BCUT2D eigenvalue weighted by Gasteiger charge is 2.56. The van der Waals surface area contributed by atoms with E-state index in [1.165, 1.54) is 0 Å². The van der Waals surface area contributed by atoms with Gasteiger partial charge in [0.1, 0.15) is 0 Å². The van der Waals surface area contributed by atoms with Crippen LogP contribution in [0.15, 0.2) is 18.2 Å². The van der Waals surface area contributed by atoms with E-state index >= 15 is 0 Å². The molecule has 1 aliphatic rings. The highest BCUT2D eigenvalue weighted by atomic mass is 19.4. The van der Waals surface area contributed by atoms with E-state index in [1.54, 1.807) is 0 Å². The molecule has 1 aromatic rings. The molecule has 2 N–H and O–H groups in total. The molecule has 1 aromatic carbocycles. The summed E-state index contributed by atoms with van der Waals surface area (Å²) < 4.78 is 75.3. The molecule has 2 rings (SSSR count). The molecule has 1 saturated carbocycles. The molecule has 2 atom stereocenters. The number of primary amides is 1. The Balaban J connectivity index is 2.40. The van der Waals surface area contributed by atoms with Crippen LogP contribution in [0.1, 0.15) is 33.8 Å². The molecule has 1 amide bonds. The SMILES string of the molecule is NC(=O)c1cc(C2CC2C(F)(F)F)cc(C(F)(F)F)c1. The first kappa shape index (κ1) is 14.7. The van der Waals surface area contributed by atoms with E-state index < -0.39 is 41.2 Å². The van der Waals surface area contributed by atoms with E-state index in [1.807, 2.05) is 0 Å². The van der Waals surface area contributed by atoms with Gasteiger partial charge in [-0.3, -0.25) is 4.79 Å². The molecule has 0 heterocycles. The maximum Gasteiger partial charge on any atom is 0.416 e. The molecule has 2 nitrogen and oxygen atoms in total. The molecular weight excluding hydrogens is 288 g/mol. The Bertz CT molecular complexity index is 548. The highest BCUT2D eigenvalue weighted by Crippen LogP contribution is 2.56. The summed E-state index contributed by atoms with van der Waals surface area (Å²) >= 11 is 0. The second-order valence-corrected chi connectivity index (χ2v) is 4.70. The van der Waals surface area contributed by atoms with E-state index in [2.05, 4.69) is 0 Å². The lowest BCUT2D eigenvalue weighted by Crippen LogP contribution is -2.15. The quantitative estimate of drug-likeness (QED) is 0.835. The van der Waals surface area contributed by atoms with Gasteiger partial charge in [-0.15, -0.1) is 0 Å². The molecule has 0 aliphatic heterocycles. The van der Waals surface area contributed by atoms with Crippen LogP contribution in [0.25, 0.3) is 0 Å². The fraction of sp³-hybridized carbons (Fsp3) is 0.417. The second kappa shape index (κ2) is 4.39. The summed E-state index contributed by atoms with van der Waals surface area (Å²) in [6.45, 7) is 0. The number of nitrogens with two attached hydrogens (primary N) is 1. The van der Waals surface area contributed by atoms with E-state index in [9.17, 15) is 31.1 Å². The van der Waals surface area contributed by atoms with Gasteiger partial charge < -0.3 is 5.73 Å². The van der Waals surface area contributed by atoms with Crippen LogP contribution in [0.4, 0.5) is 26.3 Å². The minimum Gasteiger partial charge on any atom is -0.366 e. The van der Waals surface area contributed by atoms with Crippen LogP contribution >= 0.6 is 0 Å². The number of halogens is 6. The molecule has 0 aromatic heterocycles. The van der Waals surface area contributed by atoms with E-state index in [4.69, 9.17) is 5.73 Å². The summed E-state index contributed by atoms with van der Waals surface area (Å²) in [6, 6.07) is 2.17. The van der Waals surface area contributed by atoms with Crippen LogP contribution in [0, 0.1) is 5.92 Å². The predicted molar refractivity (Wildman–Crippen MR) is 56.9 cm³/mol. The average Bonchev–Trinajstić information content (AvgIpc) is 3.06. The zero-order chi connectivity index (χ0) is 15.3. The summed E-state index contributed by atoms with van der Waals surface area (Å²) in [6.07, 6.45) is -9.47. The van der Waals surface area contributed by atoms with Gasteiger partial charge in [-0.05, 0) is 36.1 Å². The molecule has 0 spiro atoms. The van der Waals surface area contributed by atoms with Crippen molar-refractivity contribution < 1.29 is 31.1 Å². The third-order valence-electron chi connectivity index (χ3n) is 3.21. The van der Waals surface area contributed by atoms with Gasteiger partial charge in [-0.2, -0.15) is 26.3 Å². The molecule has 1 aliphatic carbocycles. The van der Waals surface area contributed by atoms with Crippen LogP contribution in [0.2, 0.25) is 0 Å². The fourth-order valence-corrected chi connectivity index (χ4v) is 2.10. The summed E-state index contributed by atoms with van der Waals surface area (Å²) in [5.74, 6) is -3.82. The average molecular weight is 297 g/mol. The normalized spacial score (nSPS) is 22.7. The van der Waals surface area contributed by atoms with Gasteiger partial charge in [0.05, 0.1) is 11.5 Å². The van der Waals surface area contributed by atoms with Gasteiger partial charge in [0, 0.05) is 5.56 Å². The fourth-order valence-electron chi connectivity index (χ4n) is 2.10. The molecule has 0 bridgehead atoms. The molecule has 20 heavy (non-hydrogen) atoms. The van der Waals surface area contributed by atoms with Gasteiger partial charge >= 0.3 is 12.4 Å². The van der Waals surface area contributed by atoms with Gasteiger partial charge in [0.15, 0.2) is 0 Å². The first-order valence-corrected chi connectivity index (χ1v) is 5.59. The number of hydrogen-bond donors (Lipinski definition) is 1. The van der Waals surface area contributed by atoms with E-state index in [-0.39, 0.29) is 12.0 Å². The van der Waals surface area contributed by atoms with Crippen LogP contribution in [0.5, 0.6) is 0 Å². The Kier molecular flexibility index (Phi) is 3.22. The smallest absolute Gasteiger partial charge is 0.366 e. The van der Waals surface area contributed by atoms with Crippen molar-refractivity contribution >= 4 is 5.91 Å². The number of rotatable bonds is 2. The third kappa shape index (κ3) is 2.88. The standard InChI is InChI=1S/C12H9F6NO/c13-11(14,15)7-2-5(1-6(3-7)10(19)20)8-4-9(8)12(16,17)18/h1-3,8-9H,4H2,(H2,19,20). The number of alkyl halides is 6. The minimum atomic E-state index is -4.75. The summed E-state index contributed by atoms with van der Waals surface area (Å²) in [5, 5.41) is 0. The zero-order valence-electron chi connectivity index (χ0n) is 9.85. The molecule has 0 radical (unpaired) electrons. The van der Waals surface area contributed by atoms with Crippen molar-refractivity contribution in [3.05, 3.63) is 34.9 Å². The van der Waals surface area contributed by atoms with Crippen molar-refractivity contribution in [2.24, 2.45) is 11.7 Å². The third-order valence-corrected chi connectivity index (χ3v) is 3.21. The molecular formula is C12H9F6NO. The van der Waals surface area contributed by atoms with Crippen LogP contribution in [-0.2, 0) is 6.18 Å². The Morgan fingerprint density at radius 2 is 1.70 bits per heavy atom. The van der Waals surface area contributed by atoms with Gasteiger partial charge in [-0.1, -0.05) is 0 Å². The summed E-state index contributed by atoms with van der Waals surface area (Å²) in [7, 11) is 0. The monoisotopic (exact) mass is 297 g/mol. The van der Waals surface area contributed by atoms with Crippen molar-refractivity contribution in [2.75, 3.05) is 0 Å². The predicted octanol–water partition coefficient (Wildman–Crippen LogP) is 3.47. The van der Waals surface area contributed by atoms with Gasteiger partial charge in [0.2, 0.25) is 5.91 Å². The van der Waals surface area contributed by atoms with E-state index in [0.717, 1.165) is 6.07 Å². The van der Waals surface area contributed by atoms with Crippen molar-refractivity contribution in [1.29, 1.82) is 0 Å². The van der Waals surface area contributed by atoms with Crippen molar-refractivity contribution in [1.82, 2.24) is 0 Å². The molecule has 8 heteroatoms. The Hall–Kier alpha value is -1.73. The first-order chi connectivity index (χ1) is 9.00. The number of carbonyl (C=O) groups is 1. The van der Waals surface area contributed by atoms with Crippen LogP contribution in [-0.4, -0.2) is 12.1 Å².